The Morgan fingerprint density at radius 1 is 0.482 bits per heavy atom. The molecule has 0 unspecified atom stereocenters. The predicted octanol–water partition coefficient (Wildman–Crippen LogP) is 3.10. The lowest BCUT2D eigenvalue weighted by Gasteiger charge is -2.32. The molecule has 2 fully saturated rings. The highest BCUT2D eigenvalue weighted by molar-refractivity contribution is 5.83. The Morgan fingerprint density at radius 2 is 0.839 bits per heavy atom. The maximum atomic E-state index is 12.4. The average molecular weight is 791 g/mol. The minimum Gasteiger partial charge on any atom is -0.462 e. The minimum atomic E-state index is -0.478. The Labute approximate surface area is 335 Å². The molecule has 2 rings (SSSR count). The number of piperazine rings is 2. The third-order valence-corrected chi connectivity index (χ3v) is 9.38. The second-order valence-corrected chi connectivity index (χ2v) is 14.2. The summed E-state index contributed by atoms with van der Waals surface area (Å²) in [4.78, 5) is 62.1. The lowest BCUT2D eigenvalue weighted by Crippen LogP contribution is -2.45. The summed E-state index contributed by atoms with van der Waals surface area (Å²) in [7, 11) is 5.80. The van der Waals surface area contributed by atoms with Gasteiger partial charge < -0.3 is 53.1 Å². The van der Waals surface area contributed by atoms with Crippen LogP contribution in [0.25, 0.3) is 0 Å². The Kier molecular flexibility index (Phi) is 27.1. The molecule has 56 heavy (non-hydrogen) atoms. The fourth-order valence-corrected chi connectivity index (χ4v) is 5.76. The fourth-order valence-electron chi connectivity index (χ4n) is 5.76. The van der Waals surface area contributed by atoms with E-state index in [-0.39, 0.29) is 19.8 Å². The van der Waals surface area contributed by atoms with Gasteiger partial charge in [-0.2, -0.15) is 0 Å². The molecule has 15 heteroatoms. The summed E-state index contributed by atoms with van der Waals surface area (Å²) in [5.74, 6) is -1.78. The van der Waals surface area contributed by atoms with Gasteiger partial charge in [-0.1, -0.05) is 13.3 Å². The molecule has 0 bridgehead atoms. The normalized spacial score (nSPS) is 16.3. The number of likely N-dealkylation sites (N-methyl/N-ethyl adjacent to an activating group) is 2. The van der Waals surface area contributed by atoms with Gasteiger partial charge in [-0.15, -0.1) is 0 Å². The second kappa shape index (κ2) is 31.3. The van der Waals surface area contributed by atoms with Gasteiger partial charge in [0.25, 0.3) is 0 Å². The highest BCUT2D eigenvalue weighted by Crippen LogP contribution is 2.06. The number of rotatable bonds is 29. The molecule has 0 N–H and O–H groups in total. The standard InChI is InChI=1S/C41H70N6O9/c1-5-6-33-53-38(48)13-21-44(17-11-19-46-29-25-42(2)26-30-46)22-14-39(49)54-34-9-7-8-10-35-55-40(50)15-23-45(24-16-41(51)56-37-36-52-4)18-12-20-47-31-27-43(3)28-32-47/h13-16,21-24H,5-12,17-20,25-37H2,1-4H3/b21-13+,22-14+,23-15+,24-16+. The Hall–Kier alpha value is -3.76. The number of ether oxygens (including phenoxy) is 5. The summed E-state index contributed by atoms with van der Waals surface area (Å²) in [5.41, 5.74) is 0. The molecule has 0 aromatic carbocycles. The number of esters is 4. The van der Waals surface area contributed by atoms with Crippen molar-refractivity contribution >= 4 is 23.9 Å². The van der Waals surface area contributed by atoms with Crippen LogP contribution in [0.15, 0.2) is 49.1 Å². The molecule has 0 saturated carbocycles. The maximum absolute atomic E-state index is 12.4. The van der Waals surface area contributed by atoms with Crippen LogP contribution in [-0.4, -0.2) is 186 Å². The fraction of sp³-hybridized carbons (Fsp3) is 0.707. The van der Waals surface area contributed by atoms with Crippen LogP contribution in [0, 0.1) is 0 Å². The van der Waals surface area contributed by atoms with Gasteiger partial charge in [-0.3, -0.25) is 0 Å². The van der Waals surface area contributed by atoms with Crippen LogP contribution in [0.1, 0.15) is 58.3 Å². The van der Waals surface area contributed by atoms with Crippen molar-refractivity contribution in [2.75, 3.05) is 133 Å². The first-order chi connectivity index (χ1) is 27.2. The van der Waals surface area contributed by atoms with E-state index in [0.29, 0.717) is 39.1 Å². The number of nitrogens with zero attached hydrogens (tertiary/aromatic N) is 6. The molecular weight excluding hydrogens is 720 g/mol. The lowest BCUT2D eigenvalue weighted by atomic mass is 10.2. The summed E-state index contributed by atoms with van der Waals surface area (Å²) in [6.07, 6.45) is 18.5. The van der Waals surface area contributed by atoms with E-state index in [2.05, 4.69) is 33.7 Å². The maximum Gasteiger partial charge on any atom is 0.332 e. The van der Waals surface area contributed by atoms with E-state index in [4.69, 9.17) is 23.7 Å². The topological polar surface area (TPSA) is 134 Å². The quantitative estimate of drug-likeness (QED) is 0.0476. The third kappa shape index (κ3) is 25.4. The van der Waals surface area contributed by atoms with Crippen molar-refractivity contribution in [3.8, 4) is 0 Å². The molecular formula is C41H70N6O9. The van der Waals surface area contributed by atoms with E-state index in [1.807, 2.05) is 11.8 Å². The highest BCUT2D eigenvalue weighted by Gasteiger charge is 2.15. The molecule has 0 spiro atoms. The van der Waals surface area contributed by atoms with Crippen molar-refractivity contribution in [2.45, 2.75) is 58.3 Å². The van der Waals surface area contributed by atoms with Gasteiger partial charge in [0.2, 0.25) is 0 Å². The van der Waals surface area contributed by atoms with Crippen LogP contribution in [0.4, 0.5) is 0 Å². The molecule has 0 radical (unpaired) electrons. The van der Waals surface area contributed by atoms with E-state index in [1.54, 1.807) is 36.8 Å². The number of carbonyl (C=O) groups excluding carboxylic acids is 4. The number of hydrogen-bond donors (Lipinski definition) is 0. The molecule has 2 saturated heterocycles. The lowest BCUT2D eigenvalue weighted by molar-refractivity contribution is -0.139. The second-order valence-electron chi connectivity index (χ2n) is 14.2. The first kappa shape index (κ1) is 48.4. The van der Waals surface area contributed by atoms with Crippen molar-refractivity contribution in [1.29, 1.82) is 0 Å². The molecule has 2 heterocycles. The molecule has 0 aliphatic carbocycles. The minimum absolute atomic E-state index is 0.170. The van der Waals surface area contributed by atoms with Crippen molar-refractivity contribution in [3.05, 3.63) is 49.1 Å². The van der Waals surface area contributed by atoms with Crippen molar-refractivity contribution in [2.24, 2.45) is 0 Å². The predicted molar refractivity (Wildman–Crippen MR) is 216 cm³/mol. The first-order valence-electron chi connectivity index (χ1n) is 20.4. The molecule has 2 aliphatic heterocycles. The van der Waals surface area contributed by atoms with Crippen LogP contribution < -0.4 is 0 Å². The van der Waals surface area contributed by atoms with Crippen LogP contribution in [0.3, 0.4) is 0 Å². The van der Waals surface area contributed by atoms with Crippen LogP contribution in [0.2, 0.25) is 0 Å². The van der Waals surface area contributed by atoms with Crippen LogP contribution in [-0.2, 0) is 42.9 Å². The summed E-state index contributed by atoms with van der Waals surface area (Å²) in [5, 5.41) is 0. The summed E-state index contributed by atoms with van der Waals surface area (Å²) in [6.45, 7) is 15.0. The number of hydrogen-bond acceptors (Lipinski definition) is 15. The highest BCUT2D eigenvalue weighted by atomic mass is 16.6. The van der Waals surface area contributed by atoms with Gasteiger partial charge in [0.15, 0.2) is 0 Å². The van der Waals surface area contributed by atoms with E-state index >= 15 is 0 Å². The third-order valence-electron chi connectivity index (χ3n) is 9.38. The molecule has 0 atom stereocenters. The molecule has 0 amide bonds. The van der Waals surface area contributed by atoms with Crippen molar-refractivity contribution in [3.63, 3.8) is 0 Å². The number of methoxy groups -OCH3 is 1. The van der Waals surface area contributed by atoms with Gasteiger partial charge in [0, 0.05) is 122 Å². The molecule has 2 aliphatic rings. The smallest absolute Gasteiger partial charge is 0.332 e. The Balaban J connectivity index is 1.68. The van der Waals surface area contributed by atoms with Crippen LogP contribution >= 0.6 is 0 Å². The zero-order valence-corrected chi connectivity index (χ0v) is 34.7. The van der Waals surface area contributed by atoms with Gasteiger partial charge in [-0.05, 0) is 72.1 Å². The molecule has 15 nitrogen and oxygen atoms in total. The van der Waals surface area contributed by atoms with Gasteiger partial charge in [0.1, 0.15) is 6.61 Å². The van der Waals surface area contributed by atoms with Gasteiger partial charge in [-0.25, -0.2) is 19.2 Å². The van der Waals surface area contributed by atoms with E-state index in [1.165, 1.54) is 24.3 Å². The number of unbranched alkanes of at least 4 members (excludes halogenated alkanes) is 4. The van der Waals surface area contributed by atoms with Crippen molar-refractivity contribution < 1.29 is 42.9 Å². The van der Waals surface area contributed by atoms with Crippen molar-refractivity contribution in [1.82, 2.24) is 29.4 Å². The zero-order valence-electron chi connectivity index (χ0n) is 34.7. The molecule has 0 aromatic heterocycles. The summed E-state index contributed by atoms with van der Waals surface area (Å²) in [6, 6.07) is 0. The summed E-state index contributed by atoms with van der Waals surface area (Å²) < 4.78 is 26.0. The molecule has 318 valence electrons. The monoisotopic (exact) mass is 791 g/mol. The van der Waals surface area contributed by atoms with E-state index in [0.717, 1.165) is 104 Å². The number of carbonyl (C=O) groups is 4. The molecule has 0 aromatic rings. The summed E-state index contributed by atoms with van der Waals surface area (Å²) >= 11 is 0. The zero-order chi connectivity index (χ0) is 40.6. The largest absolute Gasteiger partial charge is 0.462 e. The van der Waals surface area contributed by atoms with E-state index in [9.17, 15) is 19.2 Å². The van der Waals surface area contributed by atoms with Gasteiger partial charge in [0.05, 0.1) is 26.4 Å². The first-order valence-corrected chi connectivity index (χ1v) is 20.4. The Morgan fingerprint density at radius 3 is 1.20 bits per heavy atom. The average Bonchev–Trinajstić information content (AvgIpc) is 3.19. The van der Waals surface area contributed by atoms with Crippen LogP contribution in [0.5, 0.6) is 0 Å². The van der Waals surface area contributed by atoms with Gasteiger partial charge >= 0.3 is 23.9 Å². The SMILES string of the molecule is CCCCOC(=O)/C=C/N(/C=C/C(=O)OCCCCCCOC(=O)/C=C/N(/C=C/C(=O)OCCOC)CCCN1CCN(C)CC1)CCCN1CCN(C)CC1. The Bertz CT molecular complexity index is 1120. The van der Waals surface area contributed by atoms with E-state index < -0.39 is 23.9 Å².